The summed E-state index contributed by atoms with van der Waals surface area (Å²) >= 11 is 0. The molecule has 0 saturated carbocycles. The number of ether oxygens (including phenoxy) is 5. The van der Waals surface area contributed by atoms with Gasteiger partial charge in [-0.3, -0.25) is 14.6 Å². The lowest BCUT2D eigenvalue weighted by Crippen LogP contribution is -2.60. The molecule has 1 amide bonds. The summed E-state index contributed by atoms with van der Waals surface area (Å²) in [4.78, 5) is 49.9. The first kappa shape index (κ1) is 43.7. The maximum absolute atomic E-state index is 14.5. The highest BCUT2D eigenvalue weighted by Crippen LogP contribution is 2.39. The Morgan fingerprint density at radius 1 is 1.11 bits per heavy atom. The first-order valence-electron chi connectivity index (χ1n) is 20.1. The van der Waals surface area contributed by atoms with Crippen molar-refractivity contribution >= 4 is 34.8 Å². The topological polar surface area (TPSA) is 149 Å². The number of amides is 1. The minimum absolute atomic E-state index is 0.0214. The van der Waals surface area contributed by atoms with E-state index in [0.29, 0.717) is 25.8 Å². The second-order valence-electron chi connectivity index (χ2n) is 17.0. The Hall–Kier alpha value is -3.46. The summed E-state index contributed by atoms with van der Waals surface area (Å²) in [6, 6.07) is 9.00. The minimum Gasteiger partial charge on any atom is -0.458 e. The van der Waals surface area contributed by atoms with E-state index >= 15 is 0 Å². The predicted octanol–water partition coefficient (Wildman–Crippen LogP) is 5.22. The Balaban J connectivity index is 1.54. The summed E-state index contributed by atoms with van der Waals surface area (Å²) in [5.74, 6) is -3.22. The zero-order chi connectivity index (χ0) is 41.1. The van der Waals surface area contributed by atoms with Gasteiger partial charge >= 0.3 is 12.1 Å². The maximum atomic E-state index is 14.5. The van der Waals surface area contributed by atoms with Crippen LogP contribution in [-0.2, 0) is 33.3 Å². The fourth-order valence-corrected chi connectivity index (χ4v) is 9.05. The summed E-state index contributed by atoms with van der Waals surface area (Å²) in [5, 5.41) is 15.6. The molecular weight excluding hydrogens is 716 g/mol. The highest BCUT2D eigenvalue weighted by atomic mass is 16.7. The molecule has 3 aliphatic rings. The molecule has 2 aromatic rings. The SMILES string of the molecule is CC[C@H]1OC(=O)C(C)C(=O)[C@H](C)[C@@H](O[C@@H]2O[C@H](C)CC(N(C)C)C2O)[C@](C)(OC/C=C/c2cnc3ccccc3c2)C[C@@H](C)CN(C)[C@H](C)[C@H]2NC(=O)O[C@@]21C. The Labute approximate surface area is 332 Å². The van der Waals surface area contributed by atoms with E-state index in [1.165, 1.54) is 6.92 Å². The molecule has 13 heteroatoms. The van der Waals surface area contributed by atoms with Crippen molar-refractivity contribution in [2.45, 2.75) is 135 Å². The second-order valence-corrected chi connectivity index (χ2v) is 17.0. The number of aliphatic hydroxyl groups excluding tert-OH is 1. The number of hydrogen-bond acceptors (Lipinski definition) is 12. The van der Waals surface area contributed by atoms with Crippen LogP contribution in [0.25, 0.3) is 17.0 Å². The normalized spacial score (nSPS) is 38.2. The van der Waals surface area contributed by atoms with Gasteiger partial charge in [0.05, 0.1) is 36.0 Å². The van der Waals surface area contributed by atoms with Crippen LogP contribution < -0.4 is 5.32 Å². The van der Waals surface area contributed by atoms with E-state index in [4.69, 9.17) is 23.7 Å². The average molecular weight is 781 g/mol. The molecule has 13 atom stereocenters. The van der Waals surface area contributed by atoms with E-state index in [1.807, 2.05) is 96.4 Å². The van der Waals surface area contributed by atoms with Crippen LogP contribution in [0.2, 0.25) is 0 Å². The number of carbonyl (C=O) groups is 3. The van der Waals surface area contributed by atoms with Crippen molar-refractivity contribution < 1.29 is 43.2 Å². The van der Waals surface area contributed by atoms with Gasteiger partial charge in [-0.15, -0.1) is 0 Å². The molecule has 0 spiro atoms. The lowest BCUT2D eigenvalue weighted by Gasteiger charge is -2.47. The number of hydrogen-bond donors (Lipinski definition) is 2. The predicted molar refractivity (Wildman–Crippen MR) is 214 cm³/mol. The molecular formula is C43H64N4O9. The number of benzene rings is 1. The summed E-state index contributed by atoms with van der Waals surface area (Å²) in [7, 11) is 5.81. The molecule has 1 aromatic carbocycles. The van der Waals surface area contributed by atoms with E-state index in [2.05, 4.69) is 28.2 Å². The van der Waals surface area contributed by atoms with Gasteiger partial charge < -0.3 is 43.9 Å². The molecule has 2 N–H and O–H groups in total. The van der Waals surface area contributed by atoms with Crippen LogP contribution in [0.1, 0.15) is 80.2 Å². The van der Waals surface area contributed by atoms with Gasteiger partial charge in [-0.05, 0) is 98.6 Å². The number of carbonyl (C=O) groups excluding carboxylic acids is 3. The van der Waals surface area contributed by atoms with Crippen LogP contribution >= 0.6 is 0 Å². The molecule has 0 aliphatic carbocycles. The maximum Gasteiger partial charge on any atom is 0.408 e. The van der Waals surface area contributed by atoms with Crippen LogP contribution in [0.3, 0.4) is 0 Å². The minimum atomic E-state index is -1.19. The van der Waals surface area contributed by atoms with E-state index in [9.17, 15) is 19.5 Å². The van der Waals surface area contributed by atoms with Gasteiger partial charge in [0, 0.05) is 36.1 Å². The molecule has 5 rings (SSSR count). The number of likely N-dealkylation sites (N-methyl/N-ethyl adjacent to an activating group) is 2. The number of pyridine rings is 1. The van der Waals surface area contributed by atoms with Gasteiger partial charge in [0.1, 0.15) is 18.1 Å². The number of rotatable bonds is 8. The molecule has 3 fully saturated rings. The van der Waals surface area contributed by atoms with Crippen molar-refractivity contribution in [3.63, 3.8) is 0 Å². The van der Waals surface area contributed by atoms with Gasteiger partial charge in [-0.1, -0.05) is 51.1 Å². The van der Waals surface area contributed by atoms with E-state index < -0.39 is 71.5 Å². The molecule has 4 heterocycles. The zero-order valence-corrected chi connectivity index (χ0v) is 35.1. The Morgan fingerprint density at radius 2 is 1.82 bits per heavy atom. The third-order valence-corrected chi connectivity index (χ3v) is 12.3. The fourth-order valence-electron chi connectivity index (χ4n) is 9.05. The van der Waals surface area contributed by atoms with E-state index in [-0.39, 0.29) is 30.7 Å². The van der Waals surface area contributed by atoms with Crippen LogP contribution in [-0.4, -0.2) is 132 Å². The standard InChI is InChI=1S/C43H64N4O9/c1-12-34-43(8)37(45-41(51)56-43)29(6)47(11)24-25(2)22-42(7,52-19-15-16-30-21-31-17-13-14-18-32(31)44-23-30)38(27(4)35(48)28(5)39(50)54-34)55-40-36(49)33(46(9)10)20-26(3)53-40/h13-18,21,23,25-29,33-34,36-38,40,49H,12,19-20,22,24H2,1-11H3,(H,45,51)/b16-15+/t25-,26-,27+,28?,29-,33?,34-,36?,37-,38-,40+,42-,43-/m1/s1. The molecule has 0 radical (unpaired) electrons. The van der Waals surface area contributed by atoms with Gasteiger partial charge in [0.2, 0.25) is 0 Å². The number of ketones is 1. The molecule has 13 nitrogen and oxygen atoms in total. The molecule has 310 valence electrons. The average Bonchev–Trinajstić information content (AvgIpc) is 3.47. The summed E-state index contributed by atoms with van der Waals surface area (Å²) in [6.07, 6.45) is 2.42. The number of Topliss-reactive ketones (excluding diaryl/α,β-unsaturated/α-hetero) is 1. The molecule has 3 saturated heterocycles. The van der Waals surface area contributed by atoms with E-state index in [1.54, 1.807) is 13.8 Å². The van der Waals surface area contributed by atoms with Crippen LogP contribution in [0, 0.1) is 17.8 Å². The van der Waals surface area contributed by atoms with Crippen LogP contribution in [0.15, 0.2) is 42.6 Å². The van der Waals surface area contributed by atoms with Crippen molar-refractivity contribution in [2.24, 2.45) is 17.8 Å². The van der Waals surface area contributed by atoms with Crippen molar-refractivity contribution in [1.82, 2.24) is 20.1 Å². The lowest BCUT2D eigenvalue weighted by atomic mass is 9.78. The van der Waals surface area contributed by atoms with Crippen molar-refractivity contribution in [2.75, 3.05) is 34.3 Å². The number of aliphatic hydroxyl groups is 1. The highest BCUT2D eigenvalue weighted by Gasteiger charge is 2.56. The fraction of sp³-hybridized carbons (Fsp3) is 0.674. The highest BCUT2D eigenvalue weighted by molar-refractivity contribution is 6.00. The van der Waals surface area contributed by atoms with Gasteiger partial charge in [-0.25, -0.2) is 4.79 Å². The number of para-hydroxylation sites is 1. The summed E-state index contributed by atoms with van der Waals surface area (Å²) in [5.41, 5.74) is -0.492. The Bertz CT molecular complexity index is 1720. The monoisotopic (exact) mass is 780 g/mol. The molecule has 0 bridgehead atoms. The summed E-state index contributed by atoms with van der Waals surface area (Å²) < 4.78 is 31.9. The number of fused-ring (bicyclic) bond motifs is 2. The van der Waals surface area contributed by atoms with Gasteiger partial charge in [0.25, 0.3) is 0 Å². The molecule has 56 heavy (non-hydrogen) atoms. The number of nitrogens with zero attached hydrogens (tertiary/aromatic N) is 3. The lowest BCUT2D eigenvalue weighted by molar-refractivity contribution is -0.297. The van der Waals surface area contributed by atoms with Crippen molar-refractivity contribution in [1.29, 1.82) is 0 Å². The molecule has 3 unspecified atom stereocenters. The number of aromatic nitrogens is 1. The van der Waals surface area contributed by atoms with Crippen LogP contribution in [0.5, 0.6) is 0 Å². The number of esters is 1. The largest absolute Gasteiger partial charge is 0.458 e. The number of alkyl carbamates (subject to hydrolysis) is 1. The Morgan fingerprint density at radius 3 is 2.52 bits per heavy atom. The second kappa shape index (κ2) is 18.0. The zero-order valence-electron chi connectivity index (χ0n) is 35.1. The number of nitrogens with one attached hydrogen (secondary N) is 1. The number of cyclic esters (lactones) is 1. The van der Waals surface area contributed by atoms with Crippen molar-refractivity contribution in [3.05, 3.63) is 48.2 Å². The van der Waals surface area contributed by atoms with Crippen molar-refractivity contribution in [3.8, 4) is 0 Å². The molecule has 3 aliphatic heterocycles. The van der Waals surface area contributed by atoms with Gasteiger partial charge in [-0.2, -0.15) is 0 Å². The van der Waals surface area contributed by atoms with Gasteiger partial charge in [0.15, 0.2) is 17.7 Å². The molecule has 1 aromatic heterocycles. The third-order valence-electron chi connectivity index (χ3n) is 12.3. The first-order chi connectivity index (χ1) is 26.4. The first-order valence-corrected chi connectivity index (χ1v) is 20.1. The quantitative estimate of drug-likeness (QED) is 0.267. The van der Waals surface area contributed by atoms with E-state index in [0.717, 1.165) is 16.5 Å². The summed E-state index contributed by atoms with van der Waals surface area (Å²) in [6.45, 7) is 15.7. The third kappa shape index (κ3) is 9.45. The Kier molecular flexibility index (Phi) is 14.0. The van der Waals surface area contributed by atoms with Crippen LogP contribution in [0.4, 0.5) is 4.79 Å². The smallest absolute Gasteiger partial charge is 0.408 e.